The number of hydrogen-bond donors (Lipinski definition) is 1. The largest absolute Gasteiger partial charge is 0.420 e. The fraction of sp³-hybridized carbons (Fsp3) is 0.467. The first-order chi connectivity index (χ1) is 10.2. The van der Waals surface area contributed by atoms with Gasteiger partial charge in [0.05, 0.1) is 17.8 Å². The van der Waals surface area contributed by atoms with Gasteiger partial charge in [-0.25, -0.2) is 0 Å². The van der Waals surface area contributed by atoms with E-state index >= 15 is 0 Å². The van der Waals surface area contributed by atoms with E-state index in [1.165, 1.54) is 12.1 Å². The number of hydrogen-bond acceptors (Lipinski definition) is 3. The van der Waals surface area contributed by atoms with E-state index in [1.807, 2.05) is 19.9 Å². The molecule has 0 amide bonds. The standard InChI is InChI=1S/C15H19BF3NO2/c1-14(2)16(22-10-20)13(9-21-14)8-5-11-3-6-12(7-4-11)15(17,18)19/h3-8,13H,9-10,20H2,1-2H3/b8-5+/t13-/m1/s1. The van der Waals surface area contributed by atoms with Crippen LogP contribution in [-0.2, 0) is 15.6 Å². The Labute approximate surface area is 128 Å². The Morgan fingerprint density at radius 1 is 1.36 bits per heavy atom. The van der Waals surface area contributed by atoms with E-state index in [0.29, 0.717) is 12.2 Å². The molecular formula is C15H19BF3NO2. The molecule has 0 radical (unpaired) electrons. The number of benzene rings is 1. The van der Waals surface area contributed by atoms with Gasteiger partial charge in [-0.15, -0.1) is 0 Å². The zero-order valence-electron chi connectivity index (χ0n) is 12.6. The van der Waals surface area contributed by atoms with E-state index in [9.17, 15) is 13.2 Å². The molecule has 1 aromatic carbocycles. The Hall–Kier alpha value is -1.31. The van der Waals surface area contributed by atoms with Crippen LogP contribution in [0.1, 0.15) is 25.0 Å². The van der Waals surface area contributed by atoms with Crippen molar-refractivity contribution >= 4 is 13.0 Å². The number of rotatable bonds is 4. The molecule has 1 fully saturated rings. The molecule has 1 saturated heterocycles. The van der Waals surface area contributed by atoms with Gasteiger partial charge in [0.2, 0.25) is 0 Å². The molecule has 2 rings (SSSR count). The minimum Gasteiger partial charge on any atom is -0.420 e. The molecule has 1 aliphatic heterocycles. The maximum Gasteiger partial charge on any atom is 0.416 e. The molecule has 22 heavy (non-hydrogen) atoms. The first-order valence-corrected chi connectivity index (χ1v) is 7.05. The highest BCUT2D eigenvalue weighted by Crippen LogP contribution is 2.34. The summed E-state index contributed by atoms with van der Waals surface area (Å²) in [6, 6.07) is 5.03. The SMILES string of the molecule is CC1(C)OC[C@@H](/C=C/c2ccc(C(F)(F)F)cc2)B1OCN. The smallest absolute Gasteiger partial charge is 0.416 e. The molecular weight excluding hydrogens is 294 g/mol. The van der Waals surface area contributed by atoms with Crippen molar-refractivity contribution in [3.8, 4) is 0 Å². The van der Waals surface area contributed by atoms with Gasteiger partial charge in [-0.3, -0.25) is 0 Å². The van der Waals surface area contributed by atoms with Crippen LogP contribution >= 0.6 is 0 Å². The summed E-state index contributed by atoms with van der Waals surface area (Å²) in [5.74, 6) is 0.0147. The maximum atomic E-state index is 12.5. The minimum absolute atomic E-state index is 0.0147. The molecule has 2 N–H and O–H groups in total. The molecule has 0 aliphatic carbocycles. The van der Waals surface area contributed by atoms with Crippen LogP contribution in [0.15, 0.2) is 30.3 Å². The summed E-state index contributed by atoms with van der Waals surface area (Å²) in [4.78, 5) is 0. The lowest BCUT2D eigenvalue weighted by Gasteiger charge is -2.23. The second kappa shape index (κ2) is 6.44. The molecule has 0 saturated carbocycles. The minimum atomic E-state index is -4.31. The van der Waals surface area contributed by atoms with Gasteiger partial charge in [0.1, 0.15) is 0 Å². The molecule has 1 aliphatic rings. The first kappa shape index (κ1) is 17.1. The van der Waals surface area contributed by atoms with Crippen molar-refractivity contribution in [3.63, 3.8) is 0 Å². The van der Waals surface area contributed by atoms with Gasteiger partial charge < -0.3 is 15.1 Å². The Bertz CT molecular complexity index is 529. The molecule has 3 nitrogen and oxygen atoms in total. The van der Waals surface area contributed by atoms with Crippen LogP contribution in [0.3, 0.4) is 0 Å². The van der Waals surface area contributed by atoms with Gasteiger partial charge in [0.25, 0.3) is 0 Å². The Balaban J connectivity index is 2.08. The van der Waals surface area contributed by atoms with Crippen molar-refractivity contribution in [3.05, 3.63) is 41.5 Å². The van der Waals surface area contributed by atoms with Crippen LogP contribution in [0.2, 0.25) is 5.82 Å². The molecule has 0 bridgehead atoms. The second-order valence-corrected chi connectivity index (χ2v) is 5.81. The summed E-state index contributed by atoms with van der Waals surface area (Å²) in [7, 11) is 0. The predicted molar refractivity (Wildman–Crippen MR) is 80.2 cm³/mol. The quantitative estimate of drug-likeness (QED) is 0.685. The second-order valence-electron chi connectivity index (χ2n) is 5.81. The number of alkyl halides is 3. The van der Waals surface area contributed by atoms with E-state index in [4.69, 9.17) is 15.1 Å². The van der Waals surface area contributed by atoms with Crippen LogP contribution in [0.4, 0.5) is 13.2 Å². The van der Waals surface area contributed by atoms with E-state index in [2.05, 4.69) is 0 Å². The van der Waals surface area contributed by atoms with Gasteiger partial charge >= 0.3 is 13.1 Å². The fourth-order valence-electron chi connectivity index (χ4n) is 2.60. The summed E-state index contributed by atoms with van der Waals surface area (Å²) >= 11 is 0. The van der Waals surface area contributed by atoms with Crippen LogP contribution < -0.4 is 5.73 Å². The average Bonchev–Trinajstić information content (AvgIpc) is 2.72. The average molecular weight is 313 g/mol. The van der Waals surface area contributed by atoms with Crippen LogP contribution in [0.25, 0.3) is 6.08 Å². The van der Waals surface area contributed by atoms with Gasteiger partial charge in [-0.2, -0.15) is 13.2 Å². The lowest BCUT2D eigenvalue weighted by molar-refractivity contribution is -0.137. The van der Waals surface area contributed by atoms with Crippen LogP contribution in [0.5, 0.6) is 0 Å². The zero-order chi connectivity index (χ0) is 16.4. The van der Waals surface area contributed by atoms with E-state index in [-0.39, 0.29) is 19.5 Å². The lowest BCUT2D eigenvalue weighted by Crippen LogP contribution is -2.42. The summed E-state index contributed by atoms with van der Waals surface area (Å²) in [5.41, 5.74) is 5.06. The summed E-state index contributed by atoms with van der Waals surface area (Å²) in [6.45, 7) is 4.28. The molecule has 120 valence electrons. The highest BCUT2D eigenvalue weighted by Gasteiger charge is 2.47. The van der Waals surface area contributed by atoms with Gasteiger partial charge in [0, 0.05) is 12.4 Å². The zero-order valence-corrected chi connectivity index (χ0v) is 12.6. The van der Waals surface area contributed by atoms with E-state index in [1.54, 1.807) is 6.08 Å². The highest BCUT2D eigenvalue weighted by atomic mass is 19.4. The van der Waals surface area contributed by atoms with Crippen LogP contribution in [0, 0.1) is 0 Å². The van der Waals surface area contributed by atoms with Crippen molar-refractivity contribution < 1.29 is 22.6 Å². The number of halogens is 3. The van der Waals surface area contributed by atoms with Crippen LogP contribution in [-0.4, -0.2) is 25.8 Å². The normalized spacial score (nSPS) is 21.7. The third kappa shape index (κ3) is 3.91. The van der Waals surface area contributed by atoms with Gasteiger partial charge in [-0.1, -0.05) is 24.3 Å². The van der Waals surface area contributed by atoms with E-state index < -0.39 is 17.2 Å². The highest BCUT2D eigenvalue weighted by molar-refractivity contribution is 6.58. The monoisotopic (exact) mass is 313 g/mol. The third-order valence-corrected chi connectivity index (χ3v) is 3.77. The van der Waals surface area contributed by atoms with E-state index in [0.717, 1.165) is 12.1 Å². The van der Waals surface area contributed by atoms with Crippen molar-refractivity contribution in [1.29, 1.82) is 0 Å². The molecule has 1 aromatic rings. The summed E-state index contributed by atoms with van der Waals surface area (Å²) in [6.07, 6.45) is -0.633. The number of ether oxygens (including phenoxy) is 1. The van der Waals surface area contributed by atoms with Crippen molar-refractivity contribution in [2.45, 2.75) is 31.3 Å². The number of nitrogens with two attached hydrogens (primary N) is 1. The maximum absolute atomic E-state index is 12.5. The van der Waals surface area contributed by atoms with Gasteiger partial charge in [-0.05, 0) is 31.5 Å². The fourth-order valence-corrected chi connectivity index (χ4v) is 2.60. The third-order valence-electron chi connectivity index (χ3n) is 3.77. The Morgan fingerprint density at radius 3 is 2.55 bits per heavy atom. The topological polar surface area (TPSA) is 44.5 Å². The predicted octanol–water partition coefficient (Wildman–Crippen LogP) is 3.36. The van der Waals surface area contributed by atoms with Crippen molar-refractivity contribution in [2.24, 2.45) is 5.73 Å². The Kier molecular flexibility index (Phi) is 4.99. The molecule has 7 heteroatoms. The van der Waals surface area contributed by atoms with Crippen molar-refractivity contribution in [1.82, 2.24) is 0 Å². The summed E-state index contributed by atoms with van der Waals surface area (Å²) in [5, 5.41) is 0. The van der Waals surface area contributed by atoms with Gasteiger partial charge in [0.15, 0.2) is 0 Å². The van der Waals surface area contributed by atoms with Crippen molar-refractivity contribution in [2.75, 3.05) is 13.3 Å². The molecule has 1 atom stereocenters. The molecule has 0 spiro atoms. The first-order valence-electron chi connectivity index (χ1n) is 7.05. The lowest BCUT2D eigenvalue weighted by atomic mass is 9.47. The molecule has 0 aromatic heterocycles. The summed E-state index contributed by atoms with van der Waals surface area (Å²) < 4.78 is 48.8. The molecule has 1 heterocycles. The Morgan fingerprint density at radius 2 is 2.00 bits per heavy atom. The molecule has 0 unspecified atom stereocenters.